The molecule has 2 aromatic rings. The average molecular weight is 320 g/mol. The van der Waals surface area contributed by atoms with Crippen LogP contribution in [0.15, 0.2) is 18.5 Å². The number of aliphatic hydroxyl groups excluding tert-OH is 1. The maximum absolute atomic E-state index is 11.6. The van der Waals surface area contributed by atoms with Gasteiger partial charge in [-0.05, 0) is 18.9 Å². The van der Waals surface area contributed by atoms with Gasteiger partial charge in [0.2, 0.25) is 0 Å². The molecule has 0 saturated heterocycles. The first-order valence-electron chi connectivity index (χ1n) is 8.23. The molecule has 23 heavy (non-hydrogen) atoms. The fourth-order valence-electron chi connectivity index (χ4n) is 2.80. The predicted octanol–water partition coefficient (Wildman–Crippen LogP) is 3.04. The molecule has 0 unspecified atom stereocenters. The van der Waals surface area contributed by atoms with Gasteiger partial charge in [0.1, 0.15) is 5.65 Å². The third kappa shape index (κ3) is 4.69. The van der Waals surface area contributed by atoms with Crippen molar-refractivity contribution in [1.82, 2.24) is 9.97 Å². The summed E-state index contributed by atoms with van der Waals surface area (Å²) in [5.74, 6) is -0.436. The number of anilines is 1. The van der Waals surface area contributed by atoms with Gasteiger partial charge in [-0.3, -0.25) is 4.79 Å². The number of hydrogen-bond acceptors (Lipinski definition) is 4. The molecule has 0 spiro atoms. The monoisotopic (exact) mass is 320 g/mol. The van der Waals surface area contributed by atoms with E-state index in [1.165, 1.54) is 19.3 Å². The van der Waals surface area contributed by atoms with Gasteiger partial charge in [0.25, 0.3) is 5.91 Å². The molecule has 2 aromatic heterocycles. The van der Waals surface area contributed by atoms with Crippen molar-refractivity contribution in [2.75, 3.05) is 12.4 Å². The molecule has 1 aliphatic carbocycles. The van der Waals surface area contributed by atoms with Crippen molar-refractivity contribution in [1.29, 1.82) is 0 Å². The second-order valence-electron chi connectivity index (χ2n) is 5.13. The number of nitrogens with zero attached hydrogens (tertiary/aromatic N) is 1. The molecule has 128 valence electrons. The lowest BCUT2D eigenvalue weighted by molar-refractivity contribution is 0.100. The summed E-state index contributed by atoms with van der Waals surface area (Å²) in [6.07, 6.45) is 9.45. The SMILES string of the molecule is CC.CO.NC(=O)c1cnc2[nH]ccc2c1NC1CCCCC1. The lowest BCUT2D eigenvalue weighted by atomic mass is 9.95. The van der Waals surface area contributed by atoms with E-state index in [9.17, 15) is 4.79 Å². The lowest BCUT2D eigenvalue weighted by Gasteiger charge is -2.25. The molecule has 1 fully saturated rings. The van der Waals surface area contributed by atoms with Crippen LogP contribution < -0.4 is 11.1 Å². The van der Waals surface area contributed by atoms with Gasteiger partial charge in [0.05, 0.1) is 11.3 Å². The van der Waals surface area contributed by atoms with E-state index in [2.05, 4.69) is 15.3 Å². The van der Waals surface area contributed by atoms with Crippen molar-refractivity contribution < 1.29 is 9.90 Å². The first kappa shape index (κ1) is 19.0. The molecular weight excluding hydrogens is 292 g/mol. The Morgan fingerprint density at radius 3 is 2.57 bits per heavy atom. The minimum absolute atomic E-state index is 0.423. The number of carbonyl (C=O) groups excluding carboxylic acids is 1. The van der Waals surface area contributed by atoms with Gasteiger partial charge in [-0.25, -0.2) is 4.98 Å². The molecule has 5 N–H and O–H groups in total. The Hall–Kier alpha value is -2.08. The van der Waals surface area contributed by atoms with Crippen LogP contribution in [0.3, 0.4) is 0 Å². The van der Waals surface area contributed by atoms with E-state index in [1.54, 1.807) is 6.20 Å². The largest absolute Gasteiger partial charge is 0.400 e. The van der Waals surface area contributed by atoms with Crippen LogP contribution in [0, 0.1) is 0 Å². The highest BCUT2D eigenvalue weighted by molar-refractivity contribution is 6.05. The van der Waals surface area contributed by atoms with Gasteiger partial charge in [0.15, 0.2) is 0 Å². The normalized spacial score (nSPS) is 14.3. The number of fused-ring (bicyclic) bond motifs is 1. The van der Waals surface area contributed by atoms with Crippen LogP contribution in [0.1, 0.15) is 56.3 Å². The van der Waals surface area contributed by atoms with E-state index in [0.29, 0.717) is 11.6 Å². The standard InChI is InChI=1S/C14H18N4O.C2H6.CH4O/c15-13(19)11-8-17-14-10(6-7-16-14)12(11)18-9-4-2-1-3-5-9;2*1-2/h6-9H,1-5H2,(H2,15,19)(H2,16,17,18);1-2H3;2H,1H3. The number of nitrogens with two attached hydrogens (primary N) is 1. The average Bonchev–Trinajstić information content (AvgIpc) is 3.08. The van der Waals surface area contributed by atoms with E-state index >= 15 is 0 Å². The number of nitrogens with one attached hydrogen (secondary N) is 2. The van der Waals surface area contributed by atoms with Crippen LogP contribution in [0.5, 0.6) is 0 Å². The highest BCUT2D eigenvalue weighted by Crippen LogP contribution is 2.29. The van der Waals surface area contributed by atoms with Crippen LogP contribution in [0.25, 0.3) is 11.0 Å². The molecule has 6 heteroatoms. The fourth-order valence-corrected chi connectivity index (χ4v) is 2.80. The molecule has 1 aliphatic rings. The van der Waals surface area contributed by atoms with E-state index < -0.39 is 5.91 Å². The van der Waals surface area contributed by atoms with Crippen LogP contribution >= 0.6 is 0 Å². The van der Waals surface area contributed by atoms with Crippen molar-refractivity contribution in [3.63, 3.8) is 0 Å². The topological polar surface area (TPSA) is 104 Å². The molecule has 1 amide bonds. The molecule has 6 nitrogen and oxygen atoms in total. The minimum Gasteiger partial charge on any atom is -0.400 e. The summed E-state index contributed by atoms with van der Waals surface area (Å²) in [6, 6.07) is 2.35. The predicted molar refractivity (Wildman–Crippen MR) is 94.6 cm³/mol. The number of carbonyl (C=O) groups is 1. The number of pyridine rings is 1. The fraction of sp³-hybridized carbons (Fsp3) is 0.529. The summed E-state index contributed by atoms with van der Waals surface area (Å²) in [6.45, 7) is 4.00. The number of aliphatic hydroxyl groups is 1. The quantitative estimate of drug-likeness (QED) is 0.697. The first-order chi connectivity index (χ1) is 11.3. The molecule has 3 rings (SSSR count). The number of primary amides is 1. The number of aromatic amines is 1. The van der Waals surface area contributed by atoms with Gasteiger partial charge in [0, 0.05) is 30.9 Å². The van der Waals surface area contributed by atoms with E-state index in [0.717, 1.165) is 36.7 Å². The number of aromatic nitrogens is 2. The number of rotatable bonds is 3. The Balaban J connectivity index is 0.000000615. The highest BCUT2D eigenvalue weighted by Gasteiger charge is 2.19. The molecule has 0 bridgehead atoms. The van der Waals surface area contributed by atoms with Crippen LogP contribution in [0.2, 0.25) is 0 Å². The van der Waals surface area contributed by atoms with Gasteiger partial charge >= 0.3 is 0 Å². The third-order valence-corrected chi connectivity index (χ3v) is 3.81. The molecule has 0 aromatic carbocycles. The molecule has 0 radical (unpaired) electrons. The maximum Gasteiger partial charge on any atom is 0.252 e. The van der Waals surface area contributed by atoms with Gasteiger partial charge in [-0.1, -0.05) is 33.1 Å². The first-order valence-corrected chi connectivity index (χ1v) is 8.23. The van der Waals surface area contributed by atoms with Crippen LogP contribution in [0.4, 0.5) is 5.69 Å². The summed E-state index contributed by atoms with van der Waals surface area (Å²) in [7, 11) is 1.00. The molecule has 1 saturated carbocycles. The molecule has 2 heterocycles. The summed E-state index contributed by atoms with van der Waals surface area (Å²) in [5, 5.41) is 11.4. The van der Waals surface area contributed by atoms with Crippen molar-refractivity contribution >= 4 is 22.6 Å². The Morgan fingerprint density at radius 2 is 1.96 bits per heavy atom. The van der Waals surface area contributed by atoms with Crippen molar-refractivity contribution in [2.45, 2.75) is 52.0 Å². The molecular formula is C17H28N4O2. The summed E-state index contributed by atoms with van der Waals surface area (Å²) < 4.78 is 0. The zero-order valence-electron chi connectivity index (χ0n) is 14.2. The van der Waals surface area contributed by atoms with Crippen molar-refractivity contribution in [2.24, 2.45) is 5.73 Å². The summed E-state index contributed by atoms with van der Waals surface area (Å²) in [4.78, 5) is 18.8. The zero-order chi connectivity index (χ0) is 17.2. The lowest BCUT2D eigenvalue weighted by Crippen LogP contribution is -2.25. The van der Waals surface area contributed by atoms with E-state index in [1.807, 2.05) is 26.1 Å². The number of hydrogen-bond donors (Lipinski definition) is 4. The third-order valence-electron chi connectivity index (χ3n) is 3.81. The highest BCUT2D eigenvalue weighted by atomic mass is 16.2. The smallest absolute Gasteiger partial charge is 0.252 e. The molecule has 0 aliphatic heterocycles. The van der Waals surface area contributed by atoms with Crippen molar-refractivity contribution in [3.05, 3.63) is 24.0 Å². The Bertz CT molecular complexity index is 604. The Morgan fingerprint density at radius 1 is 1.30 bits per heavy atom. The van der Waals surface area contributed by atoms with Crippen LogP contribution in [-0.2, 0) is 0 Å². The maximum atomic E-state index is 11.6. The molecule has 0 atom stereocenters. The van der Waals surface area contributed by atoms with E-state index in [-0.39, 0.29) is 0 Å². The Kier molecular flexibility index (Phi) is 8.11. The van der Waals surface area contributed by atoms with E-state index in [4.69, 9.17) is 10.8 Å². The van der Waals surface area contributed by atoms with Crippen LogP contribution in [-0.4, -0.2) is 34.1 Å². The number of amides is 1. The summed E-state index contributed by atoms with van der Waals surface area (Å²) >= 11 is 0. The Labute approximate surface area is 137 Å². The zero-order valence-corrected chi connectivity index (χ0v) is 14.2. The second-order valence-corrected chi connectivity index (χ2v) is 5.13. The minimum atomic E-state index is -0.436. The van der Waals surface area contributed by atoms with Gasteiger partial charge < -0.3 is 21.1 Å². The van der Waals surface area contributed by atoms with Gasteiger partial charge in [-0.15, -0.1) is 0 Å². The van der Waals surface area contributed by atoms with Crippen molar-refractivity contribution in [3.8, 4) is 0 Å². The second kappa shape index (κ2) is 9.84. The summed E-state index contributed by atoms with van der Waals surface area (Å²) in [5.41, 5.74) is 7.53. The van der Waals surface area contributed by atoms with Gasteiger partial charge in [-0.2, -0.15) is 0 Å². The number of H-pyrrole nitrogens is 1.